The number of nitrogens with zero attached hydrogens (tertiary/aromatic N) is 1. The highest BCUT2D eigenvalue weighted by Gasteiger charge is 2.36. The SMILES string of the molecule is C[C@@H](CC(C#N)(c1ccccc1)c1ccccc1)NC(=O)c1ccccc1. The van der Waals surface area contributed by atoms with Crippen molar-refractivity contribution in [2.75, 3.05) is 0 Å². The summed E-state index contributed by atoms with van der Waals surface area (Å²) in [5.74, 6) is -0.129. The first kappa shape index (κ1) is 18.4. The van der Waals surface area contributed by atoms with Gasteiger partial charge >= 0.3 is 0 Å². The smallest absolute Gasteiger partial charge is 0.251 e. The Morgan fingerprint density at radius 3 is 1.78 bits per heavy atom. The Bertz CT molecular complexity index is 875. The fourth-order valence-electron chi connectivity index (χ4n) is 3.43. The van der Waals surface area contributed by atoms with Crippen LogP contribution in [0.2, 0.25) is 0 Å². The zero-order valence-electron chi connectivity index (χ0n) is 15.3. The molecule has 3 heteroatoms. The van der Waals surface area contributed by atoms with Gasteiger partial charge in [-0.25, -0.2) is 0 Å². The van der Waals surface area contributed by atoms with Crippen LogP contribution < -0.4 is 5.32 Å². The van der Waals surface area contributed by atoms with Gasteiger partial charge in [0, 0.05) is 11.6 Å². The average molecular weight is 354 g/mol. The summed E-state index contributed by atoms with van der Waals surface area (Å²) in [6.45, 7) is 1.94. The van der Waals surface area contributed by atoms with E-state index in [9.17, 15) is 10.1 Å². The number of hydrogen-bond donors (Lipinski definition) is 1. The first-order valence-corrected chi connectivity index (χ1v) is 9.04. The maximum atomic E-state index is 12.5. The number of nitrogens with one attached hydrogen (secondary N) is 1. The molecule has 0 aromatic heterocycles. The Balaban J connectivity index is 1.90. The minimum absolute atomic E-state index is 0.129. The minimum atomic E-state index is -0.827. The number of carbonyl (C=O) groups excluding carboxylic acids is 1. The largest absolute Gasteiger partial charge is 0.350 e. The molecule has 0 unspecified atom stereocenters. The predicted octanol–water partition coefficient (Wildman–Crippen LogP) is 4.70. The van der Waals surface area contributed by atoms with Crippen molar-refractivity contribution >= 4 is 5.91 Å². The summed E-state index contributed by atoms with van der Waals surface area (Å²) < 4.78 is 0. The van der Waals surface area contributed by atoms with Crippen LogP contribution in [0.15, 0.2) is 91.0 Å². The highest BCUT2D eigenvalue weighted by molar-refractivity contribution is 5.94. The molecule has 0 saturated heterocycles. The van der Waals surface area contributed by atoms with Gasteiger partial charge in [0.1, 0.15) is 5.41 Å². The molecule has 3 aromatic carbocycles. The molecule has 134 valence electrons. The van der Waals surface area contributed by atoms with E-state index in [2.05, 4.69) is 11.4 Å². The molecule has 0 spiro atoms. The molecule has 1 N–H and O–H groups in total. The Labute approximate surface area is 160 Å². The van der Waals surface area contributed by atoms with Crippen molar-refractivity contribution in [3.05, 3.63) is 108 Å². The Morgan fingerprint density at radius 1 is 0.889 bits per heavy atom. The van der Waals surface area contributed by atoms with E-state index >= 15 is 0 Å². The highest BCUT2D eigenvalue weighted by atomic mass is 16.1. The zero-order chi connectivity index (χ0) is 19.1. The predicted molar refractivity (Wildman–Crippen MR) is 107 cm³/mol. The molecule has 0 aliphatic carbocycles. The van der Waals surface area contributed by atoms with Crippen molar-refractivity contribution in [3.8, 4) is 6.07 Å². The van der Waals surface area contributed by atoms with Gasteiger partial charge in [-0.15, -0.1) is 0 Å². The van der Waals surface area contributed by atoms with E-state index in [0.29, 0.717) is 12.0 Å². The monoisotopic (exact) mass is 354 g/mol. The van der Waals surface area contributed by atoms with Crippen molar-refractivity contribution in [1.82, 2.24) is 5.32 Å². The van der Waals surface area contributed by atoms with E-state index in [1.165, 1.54) is 0 Å². The van der Waals surface area contributed by atoms with E-state index in [4.69, 9.17) is 0 Å². The number of carbonyl (C=O) groups is 1. The van der Waals surface area contributed by atoms with Crippen molar-refractivity contribution < 1.29 is 4.79 Å². The van der Waals surface area contributed by atoms with Crippen LogP contribution in [-0.4, -0.2) is 11.9 Å². The van der Waals surface area contributed by atoms with E-state index in [-0.39, 0.29) is 11.9 Å². The molecule has 0 fully saturated rings. The van der Waals surface area contributed by atoms with Gasteiger partial charge in [0.05, 0.1) is 6.07 Å². The van der Waals surface area contributed by atoms with E-state index in [1.54, 1.807) is 12.1 Å². The summed E-state index contributed by atoms with van der Waals surface area (Å²) in [4.78, 5) is 12.5. The third-order valence-corrected chi connectivity index (χ3v) is 4.75. The van der Waals surface area contributed by atoms with Crippen molar-refractivity contribution in [1.29, 1.82) is 5.26 Å². The van der Waals surface area contributed by atoms with Gasteiger partial charge in [-0.2, -0.15) is 5.26 Å². The fraction of sp³-hybridized carbons (Fsp3) is 0.167. The van der Waals surface area contributed by atoms with Gasteiger partial charge in [0.15, 0.2) is 0 Å². The molecule has 0 saturated carbocycles. The van der Waals surface area contributed by atoms with Crippen LogP contribution in [0.25, 0.3) is 0 Å². The van der Waals surface area contributed by atoms with E-state index < -0.39 is 5.41 Å². The van der Waals surface area contributed by atoms with Crippen LogP contribution in [0.1, 0.15) is 34.8 Å². The third kappa shape index (κ3) is 4.07. The van der Waals surface area contributed by atoms with Crippen LogP contribution in [0, 0.1) is 11.3 Å². The molecule has 0 aliphatic heterocycles. The van der Waals surface area contributed by atoms with Gasteiger partial charge in [0.2, 0.25) is 0 Å². The summed E-state index contributed by atoms with van der Waals surface area (Å²) in [6.07, 6.45) is 0.482. The maximum Gasteiger partial charge on any atom is 0.251 e. The normalized spacial score (nSPS) is 12.0. The highest BCUT2D eigenvalue weighted by Crippen LogP contribution is 2.36. The number of nitriles is 1. The molecule has 3 rings (SSSR count). The lowest BCUT2D eigenvalue weighted by atomic mass is 9.71. The lowest BCUT2D eigenvalue weighted by Gasteiger charge is -2.31. The molecule has 3 aromatic rings. The lowest BCUT2D eigenvalue weighted by molar-refractivity contribution is 0.0936. The molecule has 1 atom stereocenters. The fourth-order valence-corrected chi connectivity index (χ4v) is 3.43. The van der Waals surface area contributed by atoms with E-state index in [0.717, 1.165) is 11.1 Å². The van der Waals surface area contributed by atoms with Gasteiger partial charge in [-0.3, -0.25) is 4.79 Å². The summed E-state index contributed by atoms with van der Waals surface area (Å²) in [6, 6.07) is 31.0. The molecular weight excluding hydrogens is 332 g/mol. The van der Waals surface area contributed by atoms with Crippen molar-refractivity contribution in [2.24, 2.45) is 0 Å². The molecule has 0 aliphatic rings. The molecule has 0 bridgehead atoms. The third-order valence-electron chi connectivity index (χ3n) is 4.75. The minimum Gasteiger partial charge on any atom is -0.350 e. The van der Waals surface area contributed by atoms with Crippen LogP contribution in [0.5, 0.6) is 0 Å². The van der Waals surface area contributed by atoms with Crippen molar-refractivity contribution in [3.63, 3.8) is 0 Å². The van der Waals surface area contributed by atoms with Crippen molar-refractivity contribution in [2.45, 2.75) is 24.8 Å². The second-order valence-corrected chi connectivity index (χ2v) is 6.69. The molecule has 0 radical (unpaired) electrons. The second kappa shape index (κ2) is 8.33. The number of hydrogen-bond acceptors (Lipinski definition) is 2. The summed E-state index contributed by atoms with van der Waals surface area (Å²) in [7, 11) is 0. The van der Waals surface area contributed by atoms with Crippen LogP contribution in [-0.2, 0) is 5.41 Å². The van der Waals surface area contributed by atoms with Crippen LogP contribution >= 0.6 is 0 Å². The quantitative estimate of drug-likeness (QED) is 0.697. The molecule has 3 nitrogen and oxygen atoms in total. The van der Waals surface area contributed by atoms with E-state index in [1.807, 2.05) is 85.8 Å². The lowest BCUT2D eigenvalue weighted by Crippen LogP contribution is -2.39. The second-order valence-electron chi connectivity index (χ2n) is 6.69. The topological polar surface area (TPSA) is 52.9 Å². The summed E-state index contributed by atoms with van der Waals surface area (Å²) in [5, 5.41) is 13.3. The first-order valence-electron chi connectivity index (χ1n) is 9.04. The first-order chi connectivity index (χ1) is 13.2. The summed E-state index contributed by atoms with van der Waals surface area (Å²) in [5.41, 5.74) is 1.65. The van der Waals surface area contributed by atoms with Gasteiger partial charge < -0.3 is 5.32 Å². The average Bonchev–Trinajstić information content (AvgIpc) is 2.74. The Morgan fingerprint density at radius 2 is 1.33 bits per heavy atom. The van der Waals surface area contributed by atoms with Gasteiger partial charge in [0.25, 0.3) is 5.91 Å². The molecule has 0 heterocycles. The maximum absolute atomic E-state index is 12.5. The Kier molecular flexibility index (Phi) is 5.68. The number of benzene rings is 3. The van der Waals surface area contributed by atoms with Gasteiger partial charge in [-0.05, 0) is 36.6 Å². The number of amides is 1. The standard InChI is InChI=1S/C24H22N2O/c1-19(26-23(27)20-11-5-2-6-12-20)17-24(18-25,21-13-7-3-8-14-21)22-15-9-4-10-16-22/h2-16,19H,17H2,1H3,(H,26,27)/t19-/m0/s1. The molecule has 27 heavy (non-hydrogen) atoms. The zero-order valence-corrected chi connectivity index (χ0v) is 15.3. The van der Waals surface area contributed by atoms with Crippen LogP contribution in [0.3, 0.4) is 0 Å². The molecule has 1 amide bonds. The Hall–Kier alpha value is -3.38. The number of rotatable bonds is 6. The summed E-state index contributed by atoms with van der Waals surface area (Å²) >= 11 is 0. The molecular formula is C24H22N2O. The van der Waals surface area contributed by atoms with Crippen LogP contribution in [0.4, 0.5) is 0 Å². The van der Waals surface area contributed by atoms with Gasteiger partial charge in [-0.1, -0.05) is 78.9 Å².